The van der Waals surface area contributed by atoms with Crippen molar-refractivity contribution < 1.29 is 8.42 Å². The molecule has 2 heterocycles. The van der Waals surface area contributed by atoms with E-state index in [1.807, 2.05) is 24.3 Å². The Morgan fingerprint density at radius 1 is 1.34 bits per heavy atom. The summed E-state index contributed by atoms with van der Waals surface area (Å²) in [5.74, 6) is 1.41. The van der Waals surface area contributed by atoms with E-state index < -0.39 is 9.84 Å². The molecule has 0 unspecified atom stereocenters. The lowest BCUT2D eigenvalue weighted by molar-refractivity contribution is 0.600. The van der Waals surface area contributed by atoms with Crippen molar-refractivity contribution in [1.29, 1.82) is 5.26 Å². The smallest absolute Gasteiger partial charge is 0.177 e. The van der Waals surface area contributed by atoms with E-state index in [0.717, 1.165) is 41.9 Å². The maximum atomic E-state index is 12.0. The number of anilines is 3. The fraction of sp³-hybridized carbons (Fsp3) is 0.409. The summed E-state index contributed by atoms with van der Waals surface area (Å²) >= 11 is 0. The SMILES string of the molecule is C[C@H](CCN)c1ccc(Nc2cc(NC3CC3)n3ncc(C#N)c3n2)cc1CS(C)(=O)=O. The van der Waals surface area contributed by atoms with Gasteiger partial charge < -0.3 is 16.4 Å². The van der Waals surface area contributed by atoms with E-state index in [4.69, 9.17) is 5.73 Å². The van der Waals surface area contributed by atoms with Crippen molar-refractivity contribution in [3.8, 4) is 6.07 Å². The number of nitrogens with zero attached hydrogens (tertiary/aromatic N) is 4. The van der Waals surface area contributed by atoms with Crippen molar-refractivity contribution in [3.63, 3.8) is 0 Å². The minimum absolute atomic E-state index is 0.0467. The Morgan fingerprint density at radius 2 is 2.12 bits per heavy atom. The zero-order valence-electron chi connectivity index (χ0n) is 18.2. The lowest BCUT2D eigenvalue weighted by Crippen LogP contribution is -2.11. The second-order valence-electron chi connectivity index (χ2n) is 8.44. The molecule has 9 nitrogen and oxygen atoms in total. The average Bonchev–Trinajstić information content (AvgIpc) is 3.43. The number of nitrogens with two attached hydrogens (primary N) is 1. The summed E-state index contributed by atoms with van der Waals surface area (Å²) in [4.78, 5) is 4.57. The van der Waals surface area contributed by atoms with Gasteiger partial charge in [0.2, 0.25) is 0 Å². The average molecular weight is 454 g/mol. The molecule has 4 rings (SSSR count). The molecule has 0 aliphatic heterocycles. The highest BCUT2D eigenvalue weighted by atomic mass is 32.2. The Labute approximate surface area is 187 Å². The summed E-state index contributed by atoms with van der Waals surface area (Å²) < 4.78 is 25.7. The Balaban J connectivity index is 1.71. The number of hydrogen-bond acceptors (Lipinski definition) is 8. The summed E-state index contributed by atoms with van der Waals surface area (Å²) in [5, 5.41) is 20.4. The van der Waals surface area contributed by atoms with Gasteiger partial charge in [0.15, 0.2) is 15.5 Å². The van der Waals surface area contributed by atoms with Crippen molar-refractivity contribution in [2.75, 3.05) is 23.4 Å². The molecule has 32 heavy (non-hydrogen) atoms. The van der Waals surface area contributed by atoms with Crippen LogP contribution < -0.4 is 16.4 Å². The van der Waals surface area contributed by atoms with E-state index in [9.17, 15) is 13.7 Å². The highest BCUT2D eigenvalue weighted by Gasteiger charge is 2.23. The number of nitriles is 1. The van der Waals surface area contributed by atoms with Gasteiger partial charge in [-0.25, -0.2) is 13.4 Å². The van der Waals surface area contributed by atoms with Gasteiger partial charge in [0.25, 0.3) is 0 Å². The third-order valence-corrected chi connectivity index (χ3v) is 6.32. The molecule has 1 fully saturated rings. The Kier molecular flexibility index (Phi) is 6.04. The number of hydrogen-bond donors (Lipinski definition) is 3. The summed E-state index contributed by atoms with van der Waals surface area (Å²) in [5.41, 5.74) is 9.01. The minimum atomic E-state index is -3.21. The van der Waals surface area contributed by atoms with Gasteiger partial charge in [-0.2, -0.15) is 14.9 Å². The van der Waals surface area contributed by atoms with Gasteiger partial charge in [0, 0.05) is 24.1 Å². The van der Waals surface area contributed by atoms with Crippen LogP contribution in [0.15, 0.2) is 30.5 Å². The third-order valence-electron chi connectivity index (χ3n) is 5.49. The Morgan fingerprint density at radius 3 is 2.78 bits per heavy atom. The van der Waals surface area contributed by atoms with Crippen molar-refractivity contribution in [2.24, 2.45) is 5.73 Å². The molecule has 168 valence electrons. The topological polar surface area (TPSA) is 138 Å². The lowest BCUT2D eigenvalue weighted by atomic mass is 9.93. The van der Waals surface area contributed by atoms with E-state index in [1.54, 1.807) is 4.52 Å². The molecular weight excluding hydrogens is 426 g/mol. The quantitative estimate of drug-likeness (QED) is 0.449. The van der Waals surface area contributed by atoms with Crippen LogP contribution >= 0.6 is 0 Å². The molecule has 1 atom stereocenters. The molecule has 0 bridgehead atoms. The summed E-state index contributed by atoms with van der Waals surface area (Å²) in [6.07, 6.45) is 5.70. The van der Waals surface area contributed by atoms with E-state index >= 15 is 0 Å². The molecule has 1 aliphatic carbocycles. The first-order valence-electron chi connectivity index (χ1n) is 10.6. The van der Waals surface area contributed by atoms with Crippen LogP contribution in [-0.4, -0.2) is 41.9 Å². The van der Waals surface area contributed by atoms with Crippen molar-refractivity contribution >= 4 is 32.8 Å². The van der Waals surface area contributed by atoms with Crippen LogP contribution in [0.25, 0.3) is 5.65 Å². The fourth-order valence-electron chi connectivity index (χ4n) is 3.77. The number of nitrogens with one attached hydrogen (secondary N) is 2. The van der Waals surface area contributed by atoms with Crippen molar-refractivity contribution in [2.45, 2.75) is 43.9 Å². The summed E-state index contributed by atoms with van der Waals surface area (Å²) in [6.45, 7) is 2.59. The molecular formula is C22H27N7O2S. The van der Waals surface area contributed by atoms with Crippen LogP contribution in [0, 0.1) is 11.3 Å². The molecule has 2 aromatic heterocycles. The molecule has 1 aliphatic rings. The van der Waals surface area contributed by atoms with Gasteiger partial charge in [0.1, 0.15) is 23.3 Å². The first kappa shape index (κ1) is 22.0. The predicted octanol–water partition coefficient (Wildman–Crippen LogP) is 2.92. The normalized spacial score (nSPS) is 14.8. The molecule has 4 N–H and O–H groups in total. The second-order valence-corrected chi connectivity index (χ2v) is 10.6. The largest absolute Gasteiger partial charge is 0.367 e. The second kappa shape index (κ2) is 8.76. The van der Waals surface area contributed by atoms with Crippen LogP contribution in [0.2, 0.25) is 0 Å². The van der Waals surface area contributed by atoms with Crippen molar-refractivity contribution in [1.82, 2.24) is 14.6 Å². The molecule has 0 radical (unpaired) electrons. The van der Waals surface area contributed by atoms with Crippen LogP contribution in [0.1, 0.15) is 48.8 Å². The maximum Gasteiger partial charge on any atom is 0.177 e. The fourth-order valence-corrected chi connectivity index (χ4v) is 4.59. The zero-order valence-corrected chi connectivity index (χ0v) is 19.0. The number of sulfone groups is 1. The number of fused-ring (bicyclic) bond motifs is 1. The first-order valence-corrected chi connectivity index (χ1v) is 12.7. The number of rotatable bonds is 9. The summed E-state index contributed by atoms with van der Waals surface area (Å²) in [7, 11) is -3.21. The maximum absolute atomic E-state index is 12.0. The standard InChI is InChI=1S/C22H27N7O2S/c1-14(7-8-23)19-6-5-18(9-15(19)13-32(2,30)31)26-20-10-21(27-17-3-4-17)29-22(28-20)16(11-24)12-25-29/h5-6,9-10,12,14,17,27H,3-4,7-8,13,23H2,1-2H3,(H,26,28)/t14-/m1/s1. The monoisotopic (exact) mass is 453 g/mol. The van der Waals surface area contributed by atoms with Crippen LogP contribution in [0.4, 0.5) is 17.3 Å². The number of aromatic nitrogens is 3. The van der Waals surface area contributed by atoms with E-state index in [2.05, 4.69) is 33.7 Å². The van der Waals surface area contributed by atoms with Crippen LogP contribution in [0.5, 0.6) is 0 Å². The van der Waals surface area contributed by atoms with Gasteiger partial charge >= 0.3 is 0 Å². The molecule has 0 amide bonds. The predicted molar refractivity (Wildman–Crippen MR) is 125 cm³/mol. The highest BCUT2D eigenvalue weighted by Crippen LogP contribution is 2.30. The van der Waals surface area contributed by atoms with Gasteiger partial charge in [0.05, 0.1) is 11.9 Å². The van der Waals surface area contributed by atoms with Gasteiger partial charge in [-0.15, -0.1) is 0 Å². The van der Waals surface area contributed by atoms with E-state index in [0.29, 0.717) is 29.6 Å². The van der Waals surface area contributed by atoms with E-state index in [1.165, 1.54) is 12.5 Å². The zero-order chi connectivity index (χ0) is 22.9. The molecule has 1 saturated carbocycles. The van der Waals surface area contributed by atoms with Gasteiger partial charge in [-0.3, -0.25) is 0 Å². The van der Waals surface area contributed by atoms with Gasteiger partial charge in [-0.05, 0) is 55.0 Å². The Hall–Kier alpha value is -3.16. The third kappa shape index (κ3) is 5.00. The van der Waals surface area contributed by atoms with Crippen LogP contribution in [-0.2, 0) is 15.6 Å². The minimum Gasteiger partial charge on any atom is -0.367 e. The number of benzene rings is 1. The lowest BCUT2D eigenvalue weighted by Gasteiger charge is -2.18. The molecule has 0 saturated heterocycles. The van der Waals surface area contributed by atoms with Gasteiger partial charge in [-0.1, -0.05) is 13.0 Å². The van der Waals surface area contributed by atoms with E-state index in [-0.39, 0.29) is 11.7 Å². The molecule has 3 aromatic rings. The Bertz CT molecular complexity index is 1290. The molecule has 1 aromatic carbocycles. The first-order chi connectivity index (χ1) is 15.3. The molecule has 0 spiro atoms. The van der Waals surface area contributed by atoms with Crippen LogP contribution in [0.3, 0.4) is 0 Å². The molecule has 10 heteroatoms. The highest BCUT2D eigenvalue weighted by molar-refractivity contribution is 7.89. The van der Waals surface area contributed by atoms with Crippen molar-refractivity contribution in [3.05, 3.63) is 47.2 Å². The summed E-state index contributed by atoms with van der Waals surface area (Å²) in [6, 6.07) is 10.1.